The molecular weight excluding hydrogens is 257 g/mol. The Labute approximate surface area is 109 Å². The molecule has 0 aliphatic rings. The van der Waals surface area contributed by atoms with Gasteiger partial charge in [0.25, 0.3) is 0 Å². The van der Waals surface area contributed by atoms with Gasteiger partial charge in [-0.25, -0.2) is 4.39 Å². The van der Waals surface area contributed by atoms with Gasteiger partial charge in [-0.1, -0.05) is 11.6 Å². The lowest BCUT2D eigenvalue weighted by Gasteiger charge is -2.16. The van der Waals surface area contributed by atoms with E-state index in [1.807, 2.05) is 0 Å². The standard InChI is InChI=1S/C12H13ClFN3O/c1-12(2,18)11-16-15-10(17(11)3)8-5-4-7(14)6-9(8)13/h4-6,18H,1-3H3. The van der Waals surface area contributed by atoms with Gasteiger partial charge in [0.05, 0.1) is 5.02 Å². The molecule has 0 spiro atoms. The number of hydrogen-bond donors (Lipinski definition) is 1. The predicted octanol–water partition coefficient (Wildman–Crippen LogP) is 2.50. The van der Waals surface area contributed by atoms with Crippen LogP contribution in [0.25, 0.3) is 11.4 Å². The van der Waals surface area contributed by atoms with Crippen LogP contribution in [0.1, 0.15) is 19.7 Å². The van der Waals surface area contributed by atoms with Crippen LogP contribution in [0.15, 0.2) is 18.2 Å². The smallest absolute Gasteiger partial charge is 0.165 e. The summed E-state index contributed by atoms with van der Waals surface area (Å²) in [7, 11) is 1.72. The normalized spacial score (nSPS) is 11.9. The number of aromatic nitrogens is 3. The number of halogens is 2. The third-order valence-electron chi connectivity index (χ3n) is 2.59. The minimum atomic E-state index is -1.10. The number of hydrogen-bond acceptors (Lipinski definition) is 3. The Morgan fingerprint density at radius 1 is 1.33 bits per heavy atom. The molecule has 0 unspecified atom stereocenters. The van der Waals surface area contributed by atoms with Crippen molar-refractivity contribution in [3.63, 3.8) is 0 Å². The monoisotopic (exact) mass is 269 g/mol. The Kier molecular flexibility index (Phi) is 3.12. The van der Waals surface area contributed by atoms with Crippen LogP contribution in [0.5, 0.6) is 0 Å². The van der Waals surface area contributed by atoms with Gasteiger partial charge < -0.3 is 9.67 Å². The molecule has 18 heavy (non-hydrogen) atoms. The van der Waals surface area contributed by atoms with Crippen molar-refractivity contribution in [2.45, 2.75) is 19.4 Å². The lowest BCUT2D eigenvalue weighted by atomic mass is 10.1. The zero-order valence-electron chi connectivity index (χ0n) is 10.3. The molecule has 0 atom stereocenters. The number of aliphatic hydroxyl groups is 1. The highest BCUT2D eigenvalue weighted by Gasteiger charge is 2.25. The van der Waals surface area contributed by atoms with Crippen LogP contribution in [0.2, 0.25) is 5.02 Å². The first-order valence-electron chi connectivity index (χ1n) is 5.38. The summed E-state index contributed by atoms with van der Waals surface area (Å²) >= 11 is 5.98. The summed E-state index contributed by atoms with van der Waals surface area (Å²) in [6.07, 6.45) is 0. The Morgan fingerprint density at radius 3 is 2.50 bits per heavy atom. The maximum absolute atomic E-state index is 13.0. The number of rotatable bonds is 2. The third-order valence-corrected chi connectivity index (χ3v) is 2.91. The second-order valence-corrected chi connectivity index (χ2v) is 5.00. The van der Waals surface area contributed by atoms with Crippen molar-refractivity contribution >= 4 is 11.6 Å². The van der Waals surface area contributed by atoms with Crippen LogP contribution >= 0.6 is 11.6 Å². The van der Waals surface area contributed by atoms with Gasteiger partial charge in [-0.2, -0.15) is 0 Å². The molecule has 0 amide bonds. The molecule has 1 aromatic heterocycles. The largest absolute Gasteiger partial charge is 0.382 e. The zero-order chi connectivity index (χ0) is 13.5. The summed E-state index contributed by atoms with van der Waals surface area (Å²) in [5.41, 5.74) is -0.532. The zero-order valence-corrected chi connectivity index (χ0v) is 11.0. The van der Waals surface area contributed by atoms with E-state index in [9.17, 15) is 9.50 Å². The van der Waals surface area contributed by atoms with Crippen LogP contribution in [0.4, 0.5) is 4.39 Å². The quantitative estimate of drug-likeness (QED) is 0.911. The minimum absolute atomic E-state index is 0.257. The lowest BCUT2D eigenvalue weighted by molar-refractivity contribution is 0.0655. The van der Waals surface area contributed by atoms with Gasteiger partial charge in [-0.15, -0.1) is 10.2 Å². The lowest BCUT2D eigenvalue weighted by Crippen LogP contribution is -2.21. The first-order chi connectivity index (χ1) is 8.30. The summed E-state index contributed by atoms with van der Waals surface area (Å²) in [6.45, 7) is 3.24. The molecule has 1 N–H and O–H groups in total. The molecule has 0 aliphatic carbocycles. The van der Waals surface area contributed by atoms with E-state index in [0.29, 0.717) is 17.2 Å². The van der Waals surface area contributed by atoms with Crippen LogP contribution in [0, 0.1) is 5.82 Å². The van der Waals surface area contributed by atoms with E-state index in [4.69, 9.17) is 11.6 Å². The number of nitrogens with zero attached hydrogens (tertiary/aromatic N) is 3. The Balaban J connectivity index is 2.56. The summed E-state index contributed by atoms with van der Waals surface area (Å²) in [5.74, 6) is 0.489. The van der Waals surface area contributed by atoms with E-state index in [1.165, 1.54) is 18.2 Å². The van der Waals surface area contributed by atoms with Crippen molar-refractivity contribution in [1.29, 1.82) is 0 Å². The summed E-state index contributed by atoms with van der Waals surface area (Å²) < 4.78 is 14.6. The van der Waals surface area contributed by atoms with E-state index in [2.05, 4.69) is 10.2 Å². The van der Waals surface area contributed by atoms with Gasteiger partial charge in [0.15, 0.2) is 11.6 Å². The molecule has 1 heterocycles. The maximum Gasteiger partial charge on any atom is 0.165 e. The van der Waals surface area contributed by atoms with Crippen molar-refractivity contribution in [2.75, 3.05) is 0 Å². The van der Waals surface area contributed by atoms with Crippen molar-refractivity contribution in [2.24, 2.45) is 7.05 Å². The Morgan fingerprint density at radius 2 is 2.00 bits per heavy atom. The molecule has 0 radical (unpaired) electrons. The maximum atomic E-state index is 13.0. The fourth-order valence-electron chi connectivity index (χ4n) is 1.77. The summed E-state index contributed by atoms with van der Waals surface area (Å²) in [4.78, 5) is 0. The molecule has 0 saturated carbocycles. The van der Waals surface area contributed by atoms with Crippen molar-refractivity contribution in [3.05, 3.63) is 34.9 Å². The number of benzene rings is 1. The van der Waals surface area contributed by atoms with Crippen molar-refractivity contribution in [1.82, 2.24) is 14.8 Å². The fourth-order valence-corrected chi connectivity index (χ4v) is 2.02. The van der Waals surface area contributed by atoms with Gasteiger partial charge in [0.2, 0.25) is 0 Å². The van der Waals surface area contributed by atoms with Gasteiger partial charge >= 0.3 is 0 Å². The Hall–Kier alpha value is -1.46. The first kappa shape index (κ1) is 13.0. The van der Waals surface area contributed by atoms with Crippen molar-refractivity contribution < 1.29 is 9.50 Å². The second kappa shape index (κ2) is 4.33. The summed E-state index contributed by atoms with van der Waals surface area (Å²) in [5, 5.41) is 18.1. The highest BCUT2D eigenvalue weighted by molar-refractivity contribution is 6.33. The van der Waals surface area contributed by atoms with Gasteiger partial charge in [0, 0.05) is 12.6 Å². The molecule has 6 heteroatoms. The highest BCUT2D eigenvalue weighted by Crippen LogP contribution is 2.29. The minimum Gasteiger partial charge on any atom is -0.382 e. The SMILES string of the molecule is Cn1c(-c2ccc(F)cc2Cl)nnc1C(C)(C)O. The molecule has 0 saturated heterocycles. The van der Waals surface area contributed by atoms with Crippen LogP contribution in [0.3, 0.4) is 0 Å². The average molecular weight is 270 g/mol. The van der Waals surface area contributed by atoms with E-state index >= 15 is 0 Å². The van der Waals surface area contributed by atoms with Gasteiger partial charge in [-0.3, -0.25) is 0 Å². The van der Waals surface area contributed by atoms with Crippen molar-refractivity contribution in [3.8, 4) is 11.4 Å². The Bertz CT molecular complexity index is 589. The molecule has 2 rings (SSSR count). The molecule has 0 aliphatic heterocycles. The van der Waals surface area contributed by atoms with E-state index in [-0.39, 0.29) is 5.02 Å². The van der Waals surface area contributed by atoms with Crippen LogP contribution < -0.4 is 0 Å². The van der Waals surface area contributed by atoms with Gasteiger partial charge in [-0.05, 0) is 32.0 Å². The van der Waals surface area contributed by atoms with Crippen LogP contribution in [-0.4, -0.2) is 19.9 Å². The first-order valence-corrected chi connectivity index (χ1v) is 5.76. The molecule has 1 aromatic carbocycles. The predicted molar refractivity (Wildman–Crippen MR) is 66.7 cm³/mol. The molecule has 96 valence electrons. The molecule has 4 nitrogen and oxygen atoms in total. The molecule has 0 bridgehead atoms. The molecular formula is C12H13ClFN3O. The molecule has 0 fully saturated rings. The average Bonchev–Trinajstić information content (AvgIpc) is 2.60. The van der Waals surface area contributed by atoms with Crippen LogP contribution in [-0.2, 0) is 12.6 Å². The molecule has 2 aromatic rings. The van der Waals surface area contributed by atoms with E-state index in [1.54, 1.807) is 25.5 Å². The highest BCUT2D eigenvalue weighted by atomic mass is 35.5. The second-order valence-electron chi connectivity index (χ2n) is 4.59. The summed E-state index contributed by atoms with van der Waals surface area (Å²) in [6, 6.07) is 4.06. The fraction of sp³-hybridized carbons (Fsp3) is 0.333. The third kappa shape index (κ3) is 2.23. The topological polar surface area (TPSA) is 50.9 Å². The van der Waals surface area contributed by atoms with E-state index in [0.717, 1.165) is 0 Å². The van der Waals surface area contributed by atoms with E-state index < -0.39 is 11.4 Å². The van der Waals surface area contributed by atoms with Gasteiger partial charge in [0.1, 0.15) is 11.4 Å².